The summed E-state index contributed by atoms with van der Waals surface area (Å²) in [6, 6.07) is 16.7. The Morgan fingerprint density at radius 2 is 1.90 bits per heavy atom. The van der Waals surface area contributed by atoms with Gasteiger partial charge in [0.2, 0.25) is 5.91 Å². The van der Waals surface area contributed by atoms with Crippen LogP contribution in [0.4, 0.5) is 0 Å². The second-order valence-electron chi connectivity index (χ2n) is 6.61. The van der Waals surface area contributed by atoms with Gasteiger partial charge < -0.3 is 15.4 Å². The van der Waals surface area contributed by atoms with Crippen molar-refractivity contribution in [1.29, 1.82) is 0 Å². The molecule has 0 unspecified atom stereocenters. The number of carbonyl (C=O) groups excluding carboxylic acids is 2. The molecule has 0 aliphatic heterocycles. The van der Waals surface area contributed by atoms with Crippen LogP contribution in [-0.2, 0) is 11.3 Å². The second-order valence-corrected chi connectivity index (χ2v) is 7.00. The van der Waals surface area contributed by atoms with E-state index in [0.29, 0.717) is 31.0 Å². The van der Waals surface area contributed by atoms with Gasteiger partial charge in [-0.15, -0.1) is 0 Å². The summed E-state index contributed by atoms with van der Waals surface area (Å²) in [5.41, 5.74) is 6.75. The Labute approximate surface area is 177 Å². The predicted octanol–water partition coefficient (Wildman–Crippen LogP) is 3.26. The number of benzene rings is 2. The smallest absolute Gasteiger partial charge is 0.257 e. The van der Waals surface area contributed by atoms with E-state index in [1.54, 1.807) is 23.1 Å². The van der Waals surface area contributed by atoms with Crippen LogP contribution in [0.15, 0.2) is 54.6 Å². The molecule has 0 bridgehead atoms. The van der Waals surface area contributed by atoms with Gasteiger partial charge in [0.25, 0.3) is 5.91 Å². The maximum atomic E-state index is 12.7. The number of carbonyl (C=O) groups is 2. The highest BCUT2D eigenvalue weighted by Crippen LogP contribution is 2.14. The van der Waals surface area contributed by atoms with Gasteiger partial charge in [-0.3, -0.25) is 14.9 Å². The van der Waals surface area contributed by atoms with Gasteiger partial charge in [-0.05, 0) is 42.4 Å². The molecular formula is C22H27N3O3S. The third kappa shape index (κ3) is 7.91. The van der Waals surface area contributed by atoms with Crippen molar-refractivity contribution >= 4 is 29.1 Å². The zero-order valence-corrected chi connectivity index (χ0v) is 17.4. The summed E-state index contributed by atoms with van der Waals surface area (Å²) in [5, 5.41) is 2.99. The molecule has 2 rings (SSSR count). The fourth-order valence-electron chi connectivity index (χ4n) is 2.61. The fraction of sp³-hybridized carbons (Fsp3) is 0.318. The largest absolute Gasteiger partial charge is 0.494 e. The highest BCUT2D eigenvalue weighted by Gasteiger charge is 2.16. The van der Waals surface area contributed by atoms with Crippen LogP contribution in [0.1, 0.15) is 42.1 Å². The molecule has 0 aliphatic carbocycles. The predicted molar refractivity (Wildman–Crippen MR) is 118 cm³/mol. The number of primary amides is 1. The molecule has 0 aromatic heterocycles. The first-order valence-corrected chi connectivity index (χ1v) is 10.1. The van der Waals surface area contributed by atoms with Gasteiger partial charge in [0.1, 0.15) is 5.75 Å². The van der Waals surface area contributed by atoms with Crippen molar-refractivity contribution in [2.24, 2.45) is 5.73 Å². The van der Waals surface area contributed by atoms with Crippen molar-refractivity contribution in [2.45, 2.75) is 32.7 Å². The molecule has 2 amide bonds. The Balaban J connectivity index is 2.04. The fourth-order valence-corrected chi connectivity index (χ4v) is 2.86. The minimum atomic E-state index is -0.422. The number of nitrogens with one attached hydrogen (secondary N) is 1. The van der Waals surface area contributed by atoms with E-state index in [-0.39, 0.29) is 17.4 Å². The maximum absolute atomic E-state index is 12.7. The summed E-state index contributed by atoms with van der Waals surface area (Å²) in [4.78, 5) is 25.6. The van der Waals surface area contributed by atoms with Gasteiger partial charge in [-0.2, -0.15) is 0 Å². The minimum absolute atomic E-state index is 0.142. The molecule has 0 saturated carbocycles. The number of rotatable bonds is 10. The van der Waals surface area contributed by atoms with Crippen molar-refractivity contribution in [1.82, 2.24) is 10.2 Å². The summed E-state index contributed by atoms with van der Waals surface area (Å²) < 4.78 is 5.66. The van der Waals surface area contributed by atoms with Crippen molar-refractivity contribution in [2.75, 3.05) is 13.2 Å². The summed E-state index contributed by atoms with van der Waals surface area (Å²) in [7, 11) is 0. The van der Waals surface area contributed by atoms with E-state index >= 15 is 0 Å². The Morgan fingerprint density at radius 1 is 1.14 bits per heavy atom. The standard InChI is InChI=1S/C22H27N3O3S/c1-2-3-14-28-19-11-7-10-18(15-19)21(27)24-22(29)25(13-12-20(23)26)16-17-8-5-4-6-9-17/h4-11,15H,2-3,12-14,16H2,1H3,(H2,23,26)(H,24,27,29). The summed E-state index contributed by atoms with van der Waals surface area (Å²) in [6.07, 6.45) is 2.13. The van der Waals surface area contributed by atoms with Crippen molar-refractivity contribution < 1.29 is 14.3 Å². The first kappa shape index (κ1) is 22.4. The topological polar surface area (TPSA) is 84.7 Å². The van der Waals surface area contributed by atoms with E-state index in [1.807, 2.05) is 36.4 Å². The van der Waals surface area contributed by atoms with Crippen LogP contribution >= 0.6 is 12.2 Å². The number of hydrogen-bond acceptors (Lipinski definition) is 4. The molecule has 0 radical (unpaired) electrons. The van der Waals surface area contributed by atoms with Crippen molar-refractivity contribution in [3.05, 3.63) is 65.7 Å². The molecule has 7 heteroatoms. The number of ether oxygens (including phenoxy) is 1. The molecule has 3 N–H and O–H groups in total. The van der Waals surface area contributed by atoms with Gasteiger partial charge in [-0.25, -0.2) is 0 Å². The molecular weight excluding hydrogens is 386 g/mol. The Hall–Kier alpha value is -2.93. The van der Waals surface area contributed by atoms with Crippen molar-refractivity contribution in [3.8, 4) is 5.75 Å². The average Bonchev–Trinajstić information content (AvgIpc) is 2.72. The molecule has 154 valence electrons. The molecule has 2 aromatic carbocycles. The molecule has 0 heterocycles. The average molecular weight is 414 g/mol. The Kier molecular flexibility index (Phi) is 9.11. The summed E-state index contributed by atoms with van der Waals surface area (Å²) in [6.45, 7) is 3.49. The SMILES string of the molecule is CCCCOc1cccc(C(=O)NC(=S)N(CCC(N)=O)Cc2ccccc2)c1. The van der Waals surface area contributed by atoms with Gasteiger partial charge in [-0.1, -0.05) is 49.7 Å². The third-order valence-corrected chi connectivity index (χ3v) is 4.58. The first-order valence-electron chi connectivity index (χ1n) is 9.65. The molecule has 0 spiro atoms. The number of thiocarbonyl (C=S) groups is 1. The normalized spacial score (nSPS) is 10.2. The Morgan fingerprint density at radius 3 is 2.59 bits per heavy atom. The Bertz CT molecular complexity index is 827. The van der Waals surface area contributed by atoms with Crippen molar-refractivity contribution in [3.63, 3.8) is 0 Å². The zero-order chi connectivity index (χ0) is 21.1. The molecule has 0 fully saturated rings. The van der Waals surface area contributed by atoms with Gasteiger partial charge in [0.05, 0.1) is 6.61 Å². The number of nitrogens with zero attached hydrogens (tertiary/aromatic N) is 1. The lowest BCUT2D eigenvalue weighted by atomic mass is 10.2. The van der Waals surface area contributed by atoms with Crippen LogP contribution in [0.3, 0.4) is 0 Å². The lowest BCUT2D eigenvalue weighted by Gasteiger charge is -2.25. The van der Waals surface area contributed by atoms with Gasteiger partial charge in [0.15, 0.2) is 5.11 Å². The highest BCUT2D eigenvalue weighted by molar-refractivity contribution is 7.80. The number of amides is 2. The quantitative estimate of drug-likeness (QED) is 0.461. The van der Waals surface area contributed by atoms with Crippen LogP contribution in [0, 0.1) is 0 Å². The molecule has 29 heavy (non-hydrogen) atoms. The summed E-state index contributed by atoms with van der Waals surface area (Å²) in [5.74, 6) is -0.103. The monoisotopic (exact) mass is 413 g/mol. The van der Waals surface area contributed by atoms with Gasteiger partial charge >= 0.3 is 0 Å². The van der Waals surface area contributed by atoms with Crippen LogP contribution in [-0.4, -0.2) is 35.0 Å². The zero-order valence-electron chi connectivity index (χ0n) is 16.6. The minimum Gasteiger partial charge on any atom is -0.494 e. The highest BCUT2D eigenvalue weighted by atomic mass is 32.1. The van der Waals surface area contributed by atoms with Gasteiger partial charge in [0, 0.05) is 25.1 Å². The first-order chi connectivity index (χ1) is 14.0. The van der Waals surface area contributed by atoms with E-state index in [2.05, 4.69) is 12.2 Å². The van der Waals surface area contributed by atoms with E-state index in [1.165, 1.54) is 0 Å². The number of unbranched alkanes of at least 4 members (excludes halogenated alkanes) is 1. The lowest BCUT2D eigenvalue weighted by molar-refractivity contribution is -0.118. The lowest BCUT2D eigenvalue weighted by Crippen LogP contribution is -2.43. The van der Waals surface area contributed by atoms with E-state index in [4.69, 9.17) is 22.7 Å². The third-order valence-electron chi connectivity index (χ3n) is 4.21. The second kappa shape index (κ2) is 11.8. The molecule has 6 nitrogen and oxygen atoms in total. The van der Waals surface area contributed by atoms with E-state index in [0.717, 1.165) is 18.4 Å². The number of hydrogen-bond donors (Lipinski definition) is 2. The maximum Gasteiger partial charge on any atom is 0.257 e. The number of nitrogens with two attached hydrogens (primary N) is 1. The van der Waals surface area contributed by atoms with E-state index < -0.39 is 5.91 Å². The van der Waals surface area contributed by atoms with E-state index in [9.17, 15) is 9.59 Å². The molecule has 0 atom stereocenters. The van der Waals surface area contributed by atoms with Crippen LogP contribution in [0.2, 0.25) is 0 Å². The summed E-state index contributed by atoms with van der Waals surface area (Å²) >= 11 is 5.43. The van der Waals surface area contributed by atoms with Crippen LogP contribution in [0.25, 0.3) is 0 Å². The van der Waals surface area contributed by atoms with Crippen LogP contribution < -0.4 is 15.8 Å². The molecule has 0 saturated heterocycles. The van der Waals surface area contributed by atoms with Crippen LogP contribution in [0.5, 0.6) is 5.75 Å². The molecule has 0 aliphatic rings. The molecule has 2 aromatic rings.